The second-order valence-electron chi connectivity index (χ2n) is 5.99. The van der Waals surface area contributed by atoms with E-state index in [1.807, 2.05) is 0 Å². The van der Waals surface area contributed by atoms with Crippen molar-refractivity contribution in [2.75, 3.05) is 0 Å². The van der Waals surface area contributed by atoms with Crippen molar-refractivity contribution in [1.29, 1.82) is 0 Å². The second kappa shape index (κ2) is 3.84. The van der Waals surface area contributed by atoms with Crippen molar-refractivity contribution in [3.63, 3.8) is 0 Å². The summed E-state index contributed by atoms with van der Waals surface area (Å²) in [7, 11) is 0. The van der Waals surface area contributed by atoms with E-state index in [0.717, 1.165) is 5.92 Å². The van der Waals surface area contributed by atoms with Crippen molar-refractivity contribution in [3.8, 4) is 0 Å². The summed E-state index contributed by atoms with van der Waals surface area (Å²) in [6, 6.07) is 8.76. The standard InChI is InChI=1S/C16H21N/c1-2-6-14-11(4-1)10-12-5-3-7-15(12)16(14)17-13-8-9-13/h1-2,4,6,12-13,15-17H,3,5,7-10H2/i16D. The molecule has 1 heteroatoms. The molecule has 3 atom stereocenters. The zero-order chi connectivity index (χ0) is 12.2. The number of fused-ring (bicyclic) bond motifs is 2. The van der Waals surface area contributed by atoms with Gasteiger partial charge in [0.1, 0.15) is 0 Å². The van der Waals surface area contributed by atoms with E-state index in [-0.39, 0.29) is 0 Å². The van der Waals surface area contributed by atoms with Crippen LogP contribution in [0.25, 0.3) is 0 Å². The van der Waals surface area contributed by atoms with E-state index < -0.39 is 6.02 Å². The van der Waals surface area contributed by atoms with Gasteiger partial charge in [0.2, 0.25) is 0 Å². The van der Waals surface area contributed by atoms with Crippen LogP contribution in [-0.2, 0) is 6.42 Å². The Labute approximate surface area is 105 Å². The van der Waals surface area contributed by atoms with Gasteiger partial charge in [-0.1, -0.05) is 30.7 Å². The fourth-order valence-corrected chi connectivity index (χ4v) is 3.74. The molecule has 1 nitrogen and oxygen atoms in total. The Kier molecular flexibility index (Phi) is 2.07. The molecule has 1 aromatic rings. The van der Waals surface area contributed by atoms with Crippen LogP contribution in [0, 0.1) is 11.8 Å². The third-order valence-corrected chi connectivity index (χ3v) is 4.76. The first kappa shape index (κ1) is 9.16. The molecule has 0 saturated heterocycles. The minimum atomic E-state index is -0.503. The molecule has 3 unspecified atom stereocenters. The Morgan fingerprint density at radius 1 is 1.12 bits per heavy atom. The number of nitrogens with one attached hydrogen (secondary N) is 1. The number of hydrogen-bond acceptors (Lipinski definition) is 1. The molecule has 0 amide bonds. The Balaban J connectivity index is 1.80. The lowest BCUT2D eigenvalue weighted by atomic mass is 9.74. The van der Waals surface area contributed by atoms with Crippen LogP contribution in [0.3, 0.4) is 0 Å². The van der Waals surface area contributed by atoms with E-state index in [4.69, 9.17) is 1.37 Å². The van der Waals surface area contributed by atoms with Crippen LogP contribution in [0.4, 0.5) is 0 Å². The maximum atomic E-state index is 9.09. The molecule has 0 aromatic heterocycles. The molecule has 1 N–H and O–H groups in total. The van der Waals surface area contributed by atoms with Gasteiger partial charge in [0.25, 0.3) is 0 Å². The number of rotatable bonds is 2. The molecule has 0 bridgehead atoms. The minimum Gasteiger partial charge on any atom is -0.307 e. The first-order chi connectivity index (χ1) is 8.77. The highest BCUT2D eigenvalue weighted by atomic mass is 15.0. The Bertz CT molecular complexity index is 468. The summed E-state index contributed by atoms with van der Waals surface area (Å²) in [5.41, 5.74) is 2.68. The van der Waals surface area contributed by atoms with Crippen LogP contribution in [0.5, 0.6) is 0 Å². The molecule has 2 fully saturated rings. The van der Waals surface area contributed by atoms with E-state index in [2.05, 4.69) is 29.6 Å². The van der Waals surface area contributed by atoms with Crippen LogP contribution in [0.15, 0.2) is 24.3 Å². The molecule has 90 valence electrons. The lowest BCUT2D eigenvalue weighted by Gasteiger charge is -2.36. The summed E-state index contributed by atoms with van der Waals surface area (Å²) in [5, 5.41) is 3.66. The van der Waals surface area contributed by atoms with E-state index in [1.54, 1.807) is 0 Å². The van der Waals surface area contributed by atoms with Crippen molar-refractivity contribution in [1.82, 2.24) is 5.32 Å². The van der Waals surface area contributed by atoms with Gasteiger partial charge in [-0.3, -0.25) is 0 Å². The number of hydrogen-bond donors (Lipinski definition) is 1. The highest BCUT2D eigenvalue weighted by Gasteiger charge is 2.41. The summed E-state index contributed by atoms with van der Waals surface area (Å²) in [6.07, 6.45) is 7.61. The molecule has 3 aliphatic rings. The molecule has 2 saturated carbocycles. The predicted octanol–water partition coefficient (Wildman–Crippen LogP) is 3.45. The van der Waals surface area contributed by atoms with Gasteiger partial charge in [0, 0.05) is 12.1 Å². The smallest absolute Gasteiger partial charge is 0.0519 e. The quantitative estimate of drug-likeness (QED) is 0.817. The zero-order valence-electron chi connectivity index (χ0n) is 11.3. The minimum absolute atomic E-state index is 0.503. The molecule has 0 spiro atoms. The van der Waals surface area contributed by atoms with Crippen molar-refractivity contribution >= 4 is 0 Å². The van der Waals surface area contributed by atoms with E-state index >= 15 is 0 Å². The molecule has 3 aliphatic carbocycles. The first-order valence-electron chi connectivity index (χ1n) is 7.63. The Morgan fingerprint density at radius 3 is 2.88 bits per heavy atom. The van der Waals surface area contributed by atoms with Crippen molar-refractivity contribution < 1.29 is 1.37 Å². The SMILES string of the molecule is [2H]C1(NC2CC2)c2ccccc2CC2CCCC21. The molecule has 17 heavy (non-hydrogen) atoms. The van der Waals surface area contributed by atoms with Crippen molar-refractivity contribution in [2.24, 2.45) is 11.8 Å². The Hall–Kier alpha value is -0.820. The predicted molar refractivity (Wildman–Crippen MR) is 69.9 cm³/mol. The van der Waals surface area contributed by atoms with Crippen LogP contribution >= 0.6 is 0 Å². The van der Waals surface area contributed by atoms with Crippen LogP contribution in [0.2, 0.25) is 0 Å². The average Bonchev–Trinajstić information content (AvgIpc) is 3.04. The third-order valence-electron chi connectivity index (χ3n) is 4.76. The lowest BCUT2D eigenvalue weighted by Crippen LogP contribution is -2.36. The van der Waals surface area contributed by atoms with Gasteiger partial charge in [0.15, 0.2) is 0 Å². The van der Waals surface area contributed by atoms with E-state index in [1.165, 1.54) is 49.7 Å². The Morgan fingerprint density at radius 2 is 2.00 bits per heavy atom. The highest BCUT2D eigenvalue weighted by Crippen LogP contribution is 2.47. The summed E-state index contributed by atoms with van der Waals surface area (Å²) >= 11 is 0. The monoisotopic (exact) mass is 228 g/mol. The lowest BCUT2D eigenvalue weighted by molar-refractivity contribution is 0.261. The third kappa shape index (κ3) is 1.72. The van der Waals surface area contributed by atoms with Crippen LogP contribution in [-0.4, -0.2) is 6.04 Å². The number of benzene rings is 1. The topological polar surface area (TPSA) is 12.0 Å². The van der Waals surface area contributed by atoms with Gasteiger partial charge >= 0.3 is 0 Å². The van der Waals surface area contributed by atoms with Gasteiger partial charge in [-0.25, -0.2) is 0 Å². The van der Waals surface area contributed by atoms with Gasteiger partial charge < -0.3 is 5.32 Å². The zero-order valence-corrected chi connectivity index (χ0v) is 10.3. The molecule has 0 radical (unpaired) electrons. The van der Waals surface area contributed by atoms with E-state index in [0.29, 0.717) is 12.0 Å². The molecule has 0 aliphatic heterocycles. The van der Waals surface area contributed by atoms with Gasteiger partial charge in [-0.2, -0.15) is 0 Å². The first-order valence-corrected chi connectivity index (χ1v) is 7.13. The van der Waals surface area contributed by atoms with Crippen molar-refractivity contribution in [3.05, 3.63) is 35.4 Å². The van der Waals surface area contributed by atoms with E-state index in [9.17, 15) is 0 Å². The van der Waals surface area contributed by atoms with Crippen LogP contribution in [0.1, 0.15) is 50.6 Å². The highest BCUT2D eigenvalue weighted by molar-refractivity contribution is 5.34. The molecule has 1 aromatic carbocycles. The molecule has 0 heterocycles. The summed E-state index contributed by atoms with van der Waals surface area (Å²) < 4.78 is 9.09. The second-order valence-corrected chi connectivity index (χ2v) is 5.99. The van der Waals surface area contributed by atoms with Crippen molar-refractivity contribution in [2.45, 2.75) is 50.6 Å². The maximum absolute atomic E-state index is 9.09. The summed E-state index contributed by atoms with van der Waals surface area (Å²) in [5.74, 6) is 1.27. The fraction of sp³-hybridized carbons (Fsp3) is 0.625. The average molecular weight is 228 g/mol. The van der Waals surface area contributed by atoms with Crippen LogP contribution < -0.4 is 5.32 Å². The van der Waals surface area contributed by atoms with Gasteiger partial charge in [-0.15, -0.1) is 0 Å². The fourth-order valence-electron chi connectivity index (χ4n) is 3.74. The normalized spacial score (nSPS) is 40.6. The summed E-state index contributed by atoms with van der Waals surface area (Å²) in [4.78, 5) is 0. The molecular formula is C16H21N. The molecule has 4 rings (SSSR count). The van der Waals surface area contributed by atoms with Gasteiger partial charge in [-0.05, 0) is 55.1 Å². The summed E-state index contributed by atoms with van der Waals surface area (Å²) in [6.45, 7) is 0. The maximum Gasteiger partial charge on any atom is 0.0519 e. The molecular weight excluding hydrogens is 206 g/mol. The largest absolute Gasteiger partial charge is 0.307 e. The van der Waals surface area contributed by atoms with Gasteiger partial charge in [0.05, 0.1) is 1.37 Å².